The van der Waals surface area contributed by atoms with Gasteiger partial charge in [0, 0.05) is 14.1 Å². The van der Waals surface area contributed by atoms with Crippen LogP contribution in [0.1, 0.15) is 19.0 Å². The zero-order chi connectivity index (χ0) is 12.1. The van der Waals surface area contributed by atoms with Gasteiger partial charge in [-0.15, -0.1) is 0 Å². The van der Waals surface area contributed by atoms with Gasteiger partial charge in [-0.3, -0.25) is 9.48 Å². The zero-order valence-corrected chi connectivity index (χ0v) is 10.0. The van der Waals surface area contributed by atoms with Gasteiger partial charge >= 0.3 is 0 Å². The van der Waals surface area contributed by atoms with Crippen LogP contribution >= 0.6 is 0 Å². The van der Waals surface area contributed by atoms with Gasteiger partial charge in [-0.25, -0.2) is 0 Å². The van der Waals surface area contributed by atoms with Crippen molar-refractivity contribution in [3.8, 4) is 0 Å². The van der Waals surface area contributed by atoms with Crippen molar-refractivity contribution in [3.05, 3.63) is 5.69 Å². The Morgan fingerprint density at radius 1 is 1.56 bits per heavy atom. The fraction of sp³-hybridized carbons (Fsp3) is 0.600. The van der Waals surface area contributed by atoms with Gasteiger partial charge in [0.2, 0.25) is 5.91 Å². The third-order valence-electron chi connectivity index (χ3n) is 2.34. The number of hydrogen-bond acceptors (Lipinski definition) is 4. The first kappa shape index (κ1) is 12.4. The molecule has 0 atom stereocenters. The predicted molar refractivity (Wildman–Crippen MR) is 64.2 cm³/mol. The summed E-state index contributed by atoms with van der Waals surface area (Å²) in [6, 6.07) is 0. The van der Waals surface area contributed by atoms with Crippen LogP contribution in [0.15, 0.2) is 0 Å². The largest absolute Gasteiger partial charge is 0.394 e. The molecular formula is C10H19N5O. The zero-order valence-electron chi connectivity index (χ0n) is 10.0. The quantitative estimate of drug-likeness (QED) is 0.664. The van der Waals surface area contributed by atoms with Crippen molar-refractivity contribution in [2.24, 2.45) is 7.05 Å². The summed E-state index contributed by atoms with van der Waals surface area (Å²) in [7, 11) is 3.40. The number of anilines is 2. The van der Waals surface area contributed by atoms with Crippen molar-refractivity contribution in [2.45, 2.75) is 19.8 Å². The summed E-state index contributed by atoms with van der Waals surface area (Å²) >= 11 is 0. The molecule has 16 heavy (non-hydrogen) atoms. The van der Waals surface area contributed by atoms with Crippen LogP contribution in [0.5, 0.6) is 0 Å². The van der Waals surface area contributed by atoms with Crippen LogP contribution in [0.2, 0.25) is 0 Å². The molecule has 0 unspecified atom stereocenters. The minimum absolute atomic E-state index is 0.0855. The number of aromatic nitrogens is 2. The standard InChI is InChI=1S/C10H19N5O/c1-4-5-7-9(11)10(15(3)14-7)13-6-8(16)12-2/h13H,4-6,11H2,1-3H3,(H,12,16). The highest BCUT2D eigenvalue weighted by atomic mass is 16.1. The number of rotatable bonds is 5. The lowest BCUT2D eigenvalue weighted by atomic mass is 10.2. The van der Waals surface area contributed by atoms with Gasteiger partial charge < -0.3 is 16.4 Å². The van der Waals surface area contributed by atoms with Gasteiger partial charge in [0.1, 0.15) is 5.82 Å². The normalized spacial score (nSPS) is 10.2. The van der Waals surface area contributed by atoms with E-state index in [1.165, 1.54) is 0 Å². The van der Waals surface area contributed by atoms with Gasteiger partial charge in [-0.2, -0.15) is 5.10 Å². The van der Waals surface area contributed by atoms with E-state index in [4.69, 9.17) is 5.73 Å². The number of carbonyl (C=O) groups excluding carboxylic acids is 1. The molecule has 6 heteroatoms. The van der Waals surface area contributed by atoms with E-state index in [1.54, 1.807) is 11.7 Å². The van der Waals surface area contributed by atoms with E-state index in [9.17, 15) is 4.79 Å². The minimum atomic E-state index is -0.0855. The molecule has 0 aliphatic rings. The number of hydrogen-bond donors (Lipinski definition) is 3. The molecule has 1 aromatic heterocycles. The number of nitrogens with two attached hydrogens (primary N) is 1. The fourth-order valence-electron chi connectivity index (χ4n) is 1.48. The molecule has 4 N–H and O–H groups in total. The maximum absolute atomic E-state index is 11.1. The number of nitrogen functional groups attached to an aromatic ring is 1. The van der Waals surface area contributed by atoms with Crippen molar-refractivity contribution in [1.82, 2.24) is 15.1 Å². The van der Waals surface area contributed by atoms with Crippen LogP contribution in [-0.4, -0.2) is 29.3 Å². The Balaban J connectivity index is 2.75. The number of nitrogens with one attached hydrogen (secondary N) is 2. The molecule has 0 aromatic carbocycles. The number of likely N-dealkylation sites (N-methyl/N-ethyl adjacent to an activating group) is 1. The molecule has 0 radical (unpaired) electrons. The third kappa shape index (κ3) is 2.65. The molecule has 0 saturated heterocycles. The lowest BCUT2D eigenvalue weighted by Gasteiger charge is -2.06. The number of amides is 1. The number of aryl methyl sites for hydroxylation is 2. The highest BCUT2D eigenvalue weighted by Gasteiger charge is 2.12. The van der Waals surface area contributed by atoms with Gasteiger partial charge in [0.05, 0.1) is 17.9 Å². The van der Waals surface area contributed by atoms with Crippen molar-refractivity contribution < 1.29 is 4.79 Å². The summed E-state index contributed by atoms with van der Waals surface area (Å²) in [4.78, 5) is 11.1. The van der Waals surface area contributed by atoms with Crippen molar-refractivity contribution in [1.29, 1.82) is 0 Å². The second kappa shape index (κ2) is 5.39. The van der Waals surface area contributed by atoms with Gasteiger partial charge in [-0.05, 0) is 6.42 Å². The van der Waals surface area contributed by atoms with E-state index in [1.807, 2.05) is 7.05 Å². The Bertz CT molecular complexity index is 372. The second-order valence-corrected chi connectivity index (χ2v) is 3.61. The molecule has 0 aliphatic carbocycles. The Kier molecular flexibility index (Phi) is 4.16. The monoisotopic (exact) mass is 225 g/mol. The molecule has 1 heterocycles. The SMILES string of the molecule is CCCc1nn(C)c(NCC(=O)NC)c1N. The number of carbonyl (C=O) groups is 1. The third-order valence-corrected chi connectivity index (χ3v) is 2.34. The molecule has 6 nitrogen and oxygen atoms in total. The van der Waals surface area contributed by atoms with E-state index < -0.39 is 0 Å². The molecule has 0 fully saturated rings. The number of nitrogens with zero attached hydrogens (tertiary/aromatic N) is 2. The summed E-state index contributed by atoms with van der Waals surface area (Å²) in [6.07, 6.45) is 1.84. The molecule has 0 saturated carbocycles. The molecule has 0 spiro atoms. The van der Waals surface area contributed by atoms with E-state index in [0.717, 1.165) is 18.5 Å². The summed E-state index contributed by atoms with van der Waals surface area (Å²) in [6.45, 7) is 2.28. The lowest BCUT2D eigenvalue weighted by Crippen LogP contribution is -2.27. The highest BCUT2D eigenvalue weighted by molar-refractivity contribution is 5.81. The molecule has 0 aliphatic heterocycles. The predicted octanol–water partition coefficient (Wildman–Crippen LogP) is 0.113. The van der Waals surface area contributed by atoms with Gasteiger partial charge in [0.15, 0.2) is 0 Å². The highest BCUT2D eigenvalue weighted by Crippen LogP contribution is 2.22. The summed E-state index contributed by atoms with van der Waals surface area (Å²) in [5.74, 6) is 0.615. The molecule has 1 amide bonds. The molecular weight excluding hydrogens is 206 g/mol. The van der Waals surface area contributed by atoms with Crippen LogP contribution in [0, 0.1) is 0 Å². The van der Waals surface area contributed by atoms with Crippen molar-refractivity contribution in [2.75, 3.05) is 24.6 Å². The fourth-order valence-corrected chi connectivity index (χ4v) is 1.48. The summed E-state index contributed by atoms with van der Waals surface area (Å²) in [5, 5.41) is 9.81. The first-order valence-corrected chi connectivity index (χ1v) is 5.35. The van der Waals surface area contributed by atoms with Crippen LogP contribution in [0.4, 0.5) is 11.5 Å². The maximum Gasteiger partial charge on any atom is 0.239 e. The average molecular weight is 225 g/mol. The van der Waals surface area contributed by atoms with Crippen molar-refractivity contribution >= 4 is 17.4 Å². The first-order chi connectivity index (χ1) is 7.60. The van der Waals surface area contributed by atoms with Gasteiger partial charge in [-0.1, -0.05) is 13.3 Å². The topological polar surface area (TPSA) is 85.0 Å². The minimum Gasteiger partial charge on any atom is -0.394 e. The molecule has 0 bridgehead atoms. The first-order valence-electron chi connectivity index (χ1n) is 5.35. The van der Waals surface area contributed by atoms with E-state index in [2.05, 4.69) is 22.7 Å². The van der Waals surface area contributed by atoms with E-state index >= 15 is 0 Å². The molecule has 1 rings (SSSR count). The Labute approximate surface area is 95.2 Å². The average Bonchev–Trinajstić information content (AvgIpc) is 2.52. The summed E-state index contributed by atoms with van der Waals surface area (Å²) in [5.41, 5.74) is 7.45. The van der Waals surface area contributed by atoms with Gasteiger partial charge in [0.25, 0.3) is 0 Å². The smallest absolute Gasteiger partial charge is 0.239 e. The Hall–Kier alpha value is -1.72. The van der Waals surface area contributed by atoms with Crippen LogP contribution in [0.25, 0.3) is 0 Å². The lowest BCUT2D eigenvalue weighted by molar-refractivity contribution is -0.118. The van der Waals surface area contributed by atoms with E-state index in [-0.39, 0.29) is 12.5 Å². The van der Waals surface area contributed by atoms with E-state index in [0.29, 0.717) is 11.5 Å². The van der Waals surface area contributed by atoms with Crippen LogP contribution in [0.3, 0.4) is 0 Å². The molecule has 90 valence electrons. The van der Waals surface area contributed by atoms with Crippen molar-refractivity contribution in [3.63, 3.8) is 0 Å². The summed E-state index contributed by atoms with van der Waals surface area (Å²) < 4.78 is 1.67. The van der Waals surface area contributed by atoms with Crippen LogP contribution < -0.4 is 16.4 Å². The Morgan fingerprint density at radius 3 is 2.81 bits per heavy atom. The second-order valence-electron chi connectivity index (χ2n) is 3.61. The Morgan fingerprint density at radius 2 is 2.25 bits per heavy atom. The maximum atomic E-state index is 11.1. The molecule has 1 aromatic rings. The van der Waals surface area contributed by atoms with Crippen LogP contribution in [-0.2, 0) is 18.3 Å².